The maximum atomic E-state index is 14.2. The van der Waals surface area contributed by atoms with Gasteiger partial charge in [-0.3, -0.25) is 29.1 Å². The van der Waals surface area contributed by atoms with Gasteiger partial charge in [0.2, 0.25) is 0 Å². The van der Waals surface area contributed by atoms with Crippen molar-refractivity contribution >= 4 is 29.0 Å². The molecule has 5 N–H and O–H groups in total. The van der Waals surface area contributed by atoms with Gasteiger partial charge in [0.1, 0.15) is 22.8 Å². The summed E-state index contributed by atoms with van der Waals surface area (Å²) < 4.78 is 0. The number of likely N-dealkylation sites (N-methyl/N-ethyl adjacent to an activating group) is 1. The van der Waals surface area contributed by atoms with Gasteiger partial charge in [-0.25, -0.2) is 0 Å². The summed E-state index contributed by atoms with van der Waals surface area (Å²) in [4.78, 5) is 58.7. The standard InChI is InChI=1S/C37H43N3O7/c1-40(2)31-25-17-23-16-24-20(11-10-19-7-4-3-5-8-19)15-21(12-13-26(41)22-9-6-14-39-18-22)32(42)28(24)33(43)27(23)34(44)29(25)35(45)30(36(31)46)37(38)47/h6,9,14-15,18-19,23,25,29,31,42-43,46H,3-5,7-8,10-13,16-17H2,1-2H3,(H2,38,47)/t23-,25+,29?,31-/m0/s1. The van der Waals surface area contributed by atoms with Gasteiger partial charge >= 0.3 is 0 Å². The van der Waals surface area contributed by atoms with Crippen molar-refractivity contribution in [3.63, 3.8) is 0 Å². The highest BCUT2D eigenvalue weighted by Gasteiger charge is 2.55. The molecular weight excluding hydrogens is 598 g/mol. The van der Waals surface area contributed by atoms with E-state index < -0.39 is 52.6 Å². The molecular formula is C37H43N3O7. The van der Waals surface area contributed by atoms with Crippen LogP contribution in [0.1, 0.15) is 84.0 Å². The van der Waals surface area contributed by atoms with Crippen LogP contribution in [0.15, 0.2) is 47.5 Å². The zero-order valence-corrected chi connectivity index (χ0v) is 27.0. The number of Topliss-reactive ketones (excluding diaryl/α,β-unsaturated/α-hetero) is 3. The number of aliphatic hydroxyl groups excluding tert-OH is 2. The van der Waals surface area contributed by atoms with E-state index in [1.54, 1.807) is 37.3 Å². The summed E-state index contributed by atoms with van der Waals surface area (Å²) >= 11 is 0. The van der Waals surface area contributed by atoms with E-state index in [0.29, 0.717) is 29.9 Å². The van der Waals surface area contributed by atoms with Crippen molar-refractivity contribution in [2.45, 2.75) is 76.7 Å². The number of aromatic nitrogens is 1. The lowest BCUT2D eigenvalue weighted by Crippen LogP contribution is -2.55. The Bertz CT molecular complexity index is 1690. The third kappa shape index (κ3) is 5.88. The summed E-state index contributed by atoms with van der Waals surface area (Å²) in [5.74, 6) is -5.44. The van der Waals surface area contributed by atoms with Crippen LogP contribution in [0, 0.1) is 23.7 Å². The van der Waals surface area contributed by atoms with E-state index in [4.69, 9.17) is 5.73 Å². The highest BCUT2D eigenvalue weighted by molar-refractivity contribution is 6.28. The minimum absolute atomic E-state index is 0.0620. The smallest absolute Gasteiger partial charge is 0.255 e. The van der Waals surface area contributed by atoms with Crippen LogP contribution in [0.4, 0.5) is 0 Å². The van der Waals surface area contributed by atoms with Crippen LogP contribution in [-0.4, -0.2) is 68.6 Å². The number of phenols is 1. The zero-order valence-electron chi connectivity index (χ0n) is 27.0. The van der Waals surface area contributed by atoms with Gasteiger partial charge in [0.15, 0.2) is 17.3 Å². The normalized spacial score (nSPS) is 24.7. The number of rotatable bonds is 9. The summed E-state index contributed by atoms with van der Waals surface area (Å²) in [6.45, 7) is 0. The van der Waals surface area contributed by atoms with Crippen LogP contribution in [0.5, 0.6) is 5.75 Å². The Morgan fingerprint density at radius 1 is 1.02 bits per heavy atom. The number of hydrogen-bond acceptors (Lipinski definition) is 9. The number of aliphatic hydroxyl groups is 2. The van der Waals surface area contributed by atoms with Crippen LogP contribution in [0.3, 0.4) is 0 Å². The fourth-order valence-electron chi connectivity index (χ4n) is 8.64. The molecule has 2 aromatic rings. The minimum Gasteiger partial charge on any atom is -0.510 e. The van der Waals surface area contributed by atoms with Crippen molar-refractivity contribution in [2.24, 2.45) is 29.4 Å². The van der Waals surface area contributed by atoms with Crippen LogP contribution >= 0.6 is 0 Å². The molecule has 0 radical (unpaired) electrons. The molecule has 10 heteroatoms. The molecule has 0 bridgehead atoms. The molecule has 1 aromatic heterocycles. The summed E-state index contributed by atoms with van der Waals surface area (Å²) in [5, 5.41) is 34.5. The number of aromatic hydroxyl groups is 1. The summed E-state index contributed by atoms with van der Waals surface area (Å²) in [6, 6.07) is 4.57. The SMILES string of the molecule is CN(C)[C@@H]1C(O)=C(C(N)=O)C(=O)C2C(=O)C3=C(O)c4c(O)c(CCC(=O)c5cccnc5)cc(CCC5CCCCC5)c4C[C@H]3C[C@H]21. The Hall–Kier alpha value is -4.31. The van der Waals surface area contributed by atoms with Crippen molar-refractivity contribution in [1.29, 1.82) is 0 Å². The lowest BCUT2D eigenvalue weighted by Gasteiger charge is -2.46. The number of primary amides is 1. The number of carbonyl (C=O) groups is 4. The third-order valence-corrected chi connectivity index (χ3v) is 10.9. The topological polar surface area (TPSA) is 171 Å². The quantitative estimate of drug-likeness (QED) is 0.174. The molecule has 4 atom stereocenters. The molecule has 1 amide bonds. The van der Waals surface area contributed by atoms with E-state index in [-0.39, 0.29) is 41.3 Å². The van der Waals surface area contributed by atoms with E-state index in [1.807, 2.05) is 6.07 Å². The van der Waals surface area contributed by atoms with Gasteiger partial charge in [0.05, 0.1) is 17.5 Å². The monoisotopic (exact) mass is 641 g/mol. The number of hydrogen-bond donors (Lipinski definition) is 4. The molecule has 47 heavy (non-hydrogen) atoms. The van der Waals surface area contributed by atoms with Crippen molar-refractivity contribution in [1.82, 2.24) is 9.88 Å². The number of allylic oxidation sites excluding steroid dienone is 1. The Morgan fingerprint density at radius 3 is 2.43 bits per heavy atom. The number of benzene rings is 1. The van der Waals surface area contributed by atoms with Gasteiger partial charge in [-0.05, 0) is 92.8 Å². The van der Waals surface area contributed by atoms with E-state index >= 15 is 0 Å². The van der Waals surface area contributed by atoms with Gasteiger partial charge in [0.25, 0.3) is 5.91 Å². The van der Waals surface area contributed by atoms with E-state index in [2.05, 4.69) is 4.98 Å². The van der Waals surface area contributed by atoms with Gasteiger partial charge in [-0.2, -0.15) is 0 Å². The minimum atomic E-state index is -1.30. The van der Waals surface area contributed by atoms with E-state index in [9.17, 15) is 34.5 Å². The third-order valence-electron chi connectivity index (χ3n) is 10.9. The fourth-order valence-corrected chi connectivity index (χ4v) is 8.64. The molecule has 248 valence electrons. The van der Waals surface area contributed by atoms with Gasteiger partial charge in [-0.15, -0.1) is 0 Å². The number of fused-ring (bicyclic) bond motifs is 3. The highest BCUT2D eigenvalue weighted by atomic mass is 16.3. The number of nitrogens with two attached hydrogens (primary N) is 1. The molecule has 6 rings (SSSR count). The molecule has 1 unspecified atom stereocenters. The molecule has 2 fully saturated rings. The van der Waals surface area contributed by atoms with Crippen molar-refractivity contribution in [3.05, 3.63) is 75.3 Å². The van der Waals surface area contributed by atoms with Crippen molar-refractivity contribution < 1.29 is 34.5 Å². The van der Waals surface area contributed by atoms with Crippen LogP contribution < -0.4 is 5.73 Å². The first-order chi connectivity index (χ1) is 22.5. The van der Waals surface area contributed by atoms with Crippen molar-refractivity contribution in [3.8, 4) is 5.75 Å². The first kappa shape index (κ1) is 32.6. The summed E-state index contributed by atoms with van der Waals surface area (Å²) in [5.41, 5.74) is 7.90. The van der Waals surface area contributed by atoms with Gasteiger partial charge < -0.3 is 21.1 Å². The largest absolute Gasteiger partial charge is 0.510 e. The van der Waals surface area contributed by atoms with Crippen LogP contribution in [-0.2, 0) is 33.6 Å². The number of carbonyl (C=O) groups excluding carboxylic acids is 4. The Kier molecular flexibility index (Phi) is 9.07. The maximum Gasteiger partial charge on any atom is 0.255 e. The predicted molar refractivity (Wildman–Crippen MR) is 175 cm³/mol. The number of amides is 1. The second-order valence-electron chi connectivity index (χ2n) is 13.9. The van der Waals surface area contributed by atoms with Crippen LogP contribution in [0.25, 0.3) is 5.76 Å². The average Bonchev–Trinajstić information content (AvgIpc) is 3.04. The number of ketones is 3. The maximum absolute atomic E-state index is 14.2. The first-order valence-electron chi connectivity index (χ1n) is 16.7. The number of aryl methyl sites for hydroxylation is 2. The Labute approximate surface area is 274 Å². The molecule has 0 aliphatic heterocycles. The number of phenolic OH excluding ortho intramolecular Hbond substituents is 1. The second kappa shape index (κ2) is 13.1. The first-order valence-corrected chi connectivity index (χ1v) is 16.7. The number of pyridine rings is 1. The second-order valence-corrected chi connectivity index (χ2v) is 13.9. The average molecular weight is 642 g/mol. The molecule has 2 saturated carbocycles. The lowest BCUT2D eigenvalue weighted by atomic mass is 9.59. The fraction of sp³-hybridized carbons (Fsp3) is 0.486. The Balaban J connectivity index is 1.41. The van der Waals surface area contributed by atoms with Gasteiger partial charge in [-0.1, -0.05) is 38.2 Å². The Morgan fingerprint density at radius 2 is 1.77 bits per heavy atom. The molecule has 4 aliphatic carbocycles. The lowest BCUT2D eigenvalue weighted by molar-refractivity contribution is -0.136. The molecule has 1 heterocycles. The molecule has 1 aromatic carbocycles. The molecule has 10 nitrogen and oxygen atoms in total. The van der Waals surface area contributed by atoms with Crippen molar-refractivity contribution in [2.75, 3.05) is 14.1 Å². The molecule has 4 aliphatic rings. The van der Waals surface area contributed by atoms with Crippen LogP contribution in [0.2, 0.25) is 0 Å². The van der Waals surface area contributed by atoms with E-state index in [1.165, 1.54) is 38.3 Å². The van der Waals surface area contributed by atoms with E-state index in [0.717, 1.165) is 24.0 Å². The summed E-state index contributed by atoms with van der Waals surface area (Å²) in [7, 11) is 3.41. The van der Waals surface area contributed by atoms with Gasteiger partial charge in [0, 0.05) is 30.0 Å². The molecule has 0 spiro atoms. The number of nitrogens with zero attached hydrogens (tertiary/aromatic N) is 2. The zero-order chi connectivity index (χ0) is 33.6. The predicted octanol–water partition coefficient (Wildman–Crippen LogP) is 4.57. The highest BCUT2D eigenvalue weighted by Crippen LogP contribution is 2.51. The molecule has 0 saturated heterocycles. The summed E-state index contributed by atoms with van der Waals surface area (Å²) in [6.07, 6.45) is 11.8.